The normalized spacial score (nSPS) is 11.9. The molecular weight excluding hydrogens is 647 g/mol. The van der Waals surface area contributed by atoms with Crippen molar-refractivity contribution in [2.45, 2.75) is 44.4 Å². The van der Waals surface area contributed by atoms with Gasteiger partial charge in [-0.25, -0.2) is 22.3 Å². The molecule has 0 bridgehead atoms. The van der Waals surface area contributed by atoms with E-state index in [9.17, 15) is 17.6 Å². The number of ether oxygens (including phenoxy) is 3. The van der Waals surface area contributed by atoms with Gasteiger partial charge in [0, 0.05) is 18.8 Å². The number of nitrogens with zero attached hydrogens (tertiary/aromatic N) is 3. The van der Waals surface area contributed by atoms with E-state index in [1.807, 2.05) is 0 Å². The number of sulfonamides is 1. The molecule has 0 saturated carbocycles. The average molecular weight is 681 g/mol. The molecule has 0 unspecified atom stereocenters. The Morgan fingerprint density at radius 1 is 0.894 bits per heavy atom. The highest BCUT2D eigenvalue weighted by Gasteiger charge is 2.31. The number of carbonyl (C=O) groups excluding carboxylic acids is 1. The summed E-state index contributed by atoms with van der Waals surface area (Å²) in [5.41, 5.74) is 1.41. The van der Waals surface area contributed by atoms with E-state index in [-0.39, 0.29) is 39.7 Å². The van der Waals surface area contributed by atoms with Crippen LogP contribution < -0.4 is 14.8 Å². The van der Waals surface area contributed by atoms with Crippen LogP contribution in [0.15, 0.2) is 89.8 Å². The number of benzene rings is 4. The fraction of sp³-hybridized carbons (Fsp3) is 0.235. The molecule has 5 rings (SSSR count). The number of halogens is 2. The lowest BCUT2D eigenvalue weighted by atomic mass is 10.2. The lowest BCUT2D eigenvalue weighted by Gasteiger charge is -2.24. The van der Waals surface area contributed by atoms with Crippen LogP contribution in [0.25, 0.3) is 16.6 Å². The van der Waals surface area contributed by atoms with Crippen LogP contribution >= 0.6 is 11.6 Å². The van der Waals surface area contributed by atoms with E-state index in [2.05, 4.69) is 10.4 Å². The number of fused-ring (bicyclic) bond motifs is 1. The van der Waals surface area contributed by atoms with Crippen LogP contribution in [-0.2, 0) is 27.8 Å². The summed E-state index contributed by atoms with van der Waals surface area (Å²) in [7, 11) is -1.27. The lowest BCUT2D eigenvalue weighted by Crippen LogP contribution is -2.31. The van der Waals surface area contributed by atoms with Crippen LogP contribution in [0.5, 0.6) is 11.5 Å². The molecule has 0 fully saturated rings. The zero-order valence-corrected chi connectivity index (χ0v) is 28.0. The van der Waals surface area contributed by atoms with Crippen molar-refractivity contribution in [2.24, 2.45) is 0 Å². The predicted molar refractivity (Wildman–Crippen MR) is 178 cm³/mol. The molecule has 1 N–H and O–H groups in total. The van der Waals surface area contributed by atoms with E-state index in [4.69, 9.17) is 25.8 Å². The summed E-state index contributed by atoms with van der Waals surface area (Å²) in [5, 5.41) is 7.09. The van der Waals surface area contributed by atoms with Crippen LogP contribution in [0, 0.1) is 5.82 Å². The standard InChI is InChI=1S/C34H34ClFN4O6S/c1-34(2,3)46-33(41)37-25-18-29-31(32(35)38-40(29)26-12-10-24(36)11-13-26)30(19-25)47(42,43)39(20-22-6-14-27(44-4)15-7-22)21-23-8-16-28(45-5)17-9-23/h6-19H,20-21H2,1-5H3,(H,37,41). The van der Waals surface area contributed by atoms with Gasteiger partial charge in [-0.15, -0.1) is 0 Å². The second kappa shape index (κ2) is 13.6. The van der Waals surface area contributed by atoms with E-state index in [1.165, 1.54) is 45.4 Å². The highest BCUT2D eigenvalue weighted by Crippen LogP contribution is 2.37. The minimum absolute atomic E-state index is 0.00666. The Kier molecular flexibility index (Phi) is 9.76. The Morgan fingerprint density at radius 2 is 1.43 bits per heavy atom. The number of hydrogen-bond acceptors (Lipinski definition) is 7. The van der Waals surface area contributed by atoms with Gasteiger partial charge in [0.15, 0.2) is 5.15 Å². The first-order valence-corrected chi connectivity index (χ1v) is 16.3. The fourth-order valence-electron chi connectivity index (χ4n) is 4.88. The van der Waals surface area contributed by atoms with Crippen molar-refractivity contribution in [3.63, 3.8) is 0 Å². The van der Waals surface area contributed by atoms with Crippen molar-refractivity contribution in [3.05, 3.63) is 107 Å². The summed E-state index contributed by atoms with van der Waals surface area (Å²) >= 11 is 6.68. The maximum atomic E-state index is 14.8. The highest BCUT2D eigenvalue weighted by atomic mass is 35.5. The Labute approximate surface area is 277 Å². The van der Waals surface area contributed by atoms with Crippen molar-refractivity contribution >= 4 is 44.3 Å². The van der Waals surface area contributed by atoms with Gasteiger partial charge in [0.05, 0.1) is 35.7 Å². The average Bonchev–Trinajstić information content (AvgIpc) is 3.36. The molecule has 5 aromatic rings. The molecule has 0 saturated heterocycles. The van der Waals surface area contributed by atoms with Crippen molar-refractivity contribution in [1.29, 1.82) is 0 Å². The van der Waals surface area contributed by atoms with E-state index < -0.39 is 27.5 Å². The zero-order chi connectivity index (χ0) is 33.9. The molecule has 13 heteroatoms. The monoisotopic (exact) mass is 680 g/mol. The number of anilines is 1. The molecule has 0 aliphatic rings. The predicted octanol–water partition coefficient (Wildman–Crippen LogP) is 7.57. The van der Waals surface area contributed by atoms with E-state index in [1.54, 1.807) is 83.5 Å². The number of rotatable bonds is 10. The van der Waals surface area contributed by atoms with Gasteiger partial charge in [-0.2, -0.15) is 9.40 Å². The molecule has 0 atom stereocenters. The fourth-order valence-corrected chi connectivity index (χ4v) is 6.86. The minimum Gasteiger partial charge on any atom is -0.497 e. The summed E-state index contributed by atoms with van der Waals surface area (Å²) in [5.74, 6) is 0.793. The van der Waals surface area contributed by atoms with Crippen LogP contribution in [0.4, 0.5) is 14.9 Å². The number of aromatic nitrogens is 2. The minimum atomic E-state index is -4.37. The first-order chi connectivity index (χ1) is 22.3. The molecule has 246 valence electrons. The number of methoxy groups -OCH3 is 2. The maximum absolute atomic E-state index is 14.8. The summed E-state index contributed by atoms with van der Waals surface area (Å²) in [6, 6.07) is 22.5. The third kappa shape index (κ3) is 7.84. The van der Waals surface area contributed by atoms with Crippen molar-refractivity contribution in [1.82, 2.24) is 14.1 Å². The van der Waals surface area contributed by atoms with Gasteiger partial charge in [-0.3, -0.25) is 5.32 Å². The van der Waals surface area contributed by atoms with Crippen LogP contribution in [0.3, 0.4) is 0 Å². The third-order valence-electron chi connectivity index (χ3n) is 7.07. The summed E-state index contributed by atoms with van der Waals surface area (Å²) in [4.78, 5) is 12.6. The summed E-state index contributed by atoms with van der Waals surface area (Å²) < 4.78 is 62.1. The number of amides is 1. The van der Waals surface area contributed by atoms with Gasteiger partial charge in [-0.05, 0) is 92.6 Å². The SMILES string of the molecule is COc1ccc(CN(Cc2ccc(OC)cc2)S(=O)(=O)c2cc(NC(=O)OC(C)(C)C)cc3c2c(Cl)nn3-c2ccc(F)cc2)cc1. The molecule has 4 aromatic carbocycles. The Hall–Kier alpha value is -4.65. The van der Waals surface area contributed by atoms with Crippen molar-refractivity contribution in [2.75, 3.05) is 19.5 Å². The highest BCUT2D eigenvalue weighted by molar-refractivity contribution is 7.89. The second-order valence-corrected chi connectivity index (χ2v) is 13.9. The molecule has 0 aliphatic heterocycles. The molecule has 10 nitrogen and oxygen atoms in total. The van der Waals surface area contributed by atoms with E-state index >= 15 is 0 Å². The third-order valence-corrected chi connectivity index (χ3v) is 9.15. The lowest BCUT2D eigenvalue weighted by molar-refractivity contribution is 0.0636. The molecule has 47 heavy (non-hydrogen) atoms. The Morgan fingerprint density at radius 3 is 1.91 bits per heavy atom. The van der Waals surface area contributed by atoms with Gasteiger partial charge in [-0.1, -0.05) is 35.9 Å². The van der Waals surface area contributed by atoms with E-state index in [0.717, 1.165) is 0 Å². The molecule has 1 amide bonds. The molecule has 0 spiro atoms. The molecule has 1 heterocycles. The first-order valence-electron chi connectivity index (χ1n) is 14.5. The smallest absolute Gasteiger partial charge is 0.412 e. The largest absolute Gasteiger partial charge is 0.497 e. The topological polar surface area (TPSA) is 112 Å². The van der Waals surface area contributed by atoms with Crippen molar-refractivity contribution in [3.8, 4) is 17.2 Å². The van der Waals surface area contributed by atoms with Crippen LogP contribution in [0.1, 0.15) is 31.9 Å². The molecular formula is C34H34ClFN4O6S. The zero-order valence-electron chi connectivity index (χ0n) is 26.5. The maximum Gasteiger partial charge on any atom is 0.412 e. The Balaban J connectivity index is 1.68. The van der Waals surface area contributed by atoms with Gasteiger partial charge in [0.25, 0.3) is 0 Å². The number of hydrogen-bond donors (Lipinski definition) is 1. The first kappa shape index (κ1) is 33.7. The van der Waals surface area contributed by atoms with Gasteiger partial charge in [0.2, 0.25) is 10.0 Å². The van der Waals surface area contributed by atoms with Crippen LogP contribution in [0.2, 0.25) is 5.15 Å². The second-order valence-electron chi connectivity index (χ2n) is 11.6. The van der Waals surface area contributed by atoms with E-state index in [0.29, 0.717) is 28.3 Å². The summed E-state index contributed by atoms with van der Waals surface area (Å²) in [6.07, 6.45) is -0.785. The number of carbonyl (C=O) groups is 1. The molecule has 0 radical (unpaired) electrons. The summed E-state index contributed by atoms with van der Waals surface area (Å²) in [6.45, 7) is 5.13. The van der Waals surface area contributed by atoms with Gasteiger partial charge >= 0.3 is 6.09 Å². The van der Waals surface area contributed by atoms with Gasteiger partial charge < -0.3 is 14.2 Å². The number of nitrogens with one attached hydrogen (secondary N) is 1. The van der Waals surface area contributed by atoms with Gasteiger partial charge in [0.1, 0.15) is 22.9 Å². The Bertz CT molecular complexity index is 1940. The quantitative estimate of drug-likeness (QED) is 0.162. The molecule has 1 aromatic heterocycles. The molecule has 0 aliphatic carbocycles. The van der Waals surface area contributed by atoms with Crippen molar-refractivity contribution < 1.29 is 31.8 Å². The van der Waals surface area contributed by atoms with Crippen LogP contribution in [-0.4, -0.2) is 48.4 Å².